The van der Waals surface area contributed by atoms with Crippen LogP contribution in [-0.2, 0) is 14.8 Å². The molecule has 3 rings (SSSR count). The number of hydrogen-bond donors (Lipinski definition) is 1. The zero-order valence-electron chi connectivity index (χ0n) is 16.9. The topological polar surface area (TPSA) is 79.0 Å². The molecule has 7 nitrogen and oxygen atoms in total. The first-order chi connectivity index (χ1) is 13.2. The average Bonchev–Trinajstić information content (AvgIpc) is 2.62. The van der Waals surface area contributed by atoms with E-state index in [-0.39, 0.29) is 12.5 Å². The Morgan fingerprint density at radius 1 is 1.18 bits per heavy atom. The number of hydrogen-bond acceptors (Lipinski definition) is 5. The predicted molar refractivity (Wildman–Crippen MR) is 110 cm³/mol. The van der Waals surface area contributed by atoms with Crippen molar-refractivity contribution in [1.82, 2.24) is 10.2 Å². The van der Waals surface area contributed by atoms with Gasteiger partial charge in [-0.1, -0.05) is 26.0 Å². The van der Waals surface area contributed by atoms with Gasteiger partial charge in [0.2, 0.25) is 10.0 Å². The summed E-state index contributed by atoms with van der Waals surface area (Å²) in [5, 5.41) is 2.91. The number of fused-ring (bicyclic) bond motifs is 1. The van der Waals surface area contributed by atoms with Crippen molar-refractivity contribution in [2.24, 2.45) is 11.8 Å². The number of carbonyl (C=O) groups excluding carboxylic acids is 1. The smallest absolute Gasteiger partial charge is 0.263 e. The maximum atomic E-state index is 12.6. The minimum atomic E-state index is -3.49. The monoisotopic (exact) mass is 409 g/mol. The molecule has 0 saturated carbocycles. The summed E-state index contributed by atoms with van der Waals surface area (Å²) in [6, 6.07) is 6.89. The number of nitrogens with one attached hydrogen (secondary N) is 1. The van der Waals surface area contributed by atoms with E-state index >= 15 is 0 Å². The average molecular weight is 410 g/mol. The molecule has 1 N–H and O–H groups in total. The SMILES string of the molecule is C[C@H]1C[C@H](C)CN(CCCNC(=O)[C@@H]2CN(S(C)(=O)=O)c3ccccc3O2)C1. The Hall–Kier alpha value is -1.80. The van der Waals surface area contributed by atoms with Crippen LogP contribution in [-0.4, -0.2) is 64.3 Å². The minimum Gasteiger partial charge on any atom is -0.476 e. The van der Waals surface area contributed by atoms with Crippen molar-refractivity contribution in [3.63, 3.8) is 0 Å². The number of amides is 1. The van der Waals surface area contributed by atoms with Crippen molar-refractivity contribution in [1.29, 1.82) is 0 Å². The molecular weight excluding hydrogens is 378 g/mol. The second kappa shape index (κ2) is 8.69. The normalized spacial score (nSPS) is 25.7. The number of para-hydroxylation sites is 2. The molecule has 1 aromatic carbocycles. The molecule has 0 aliphatic carbocycles. The van der Waals surface area contributed by atoms with Crippen LogP contribution in [0.2, 0.25) is 0 Å². The number of anilines is 1. The largest absolute Gasteiger partial charge is 0.476 e. The van der Waals surface area contributed by atoms with Crippen LogP contribution in [0.25, 0.3) is 0 Å². The van der Waals surface area contributed by atoms with Crippen LogP contribution in [0.5, 0.6) is 5.75 Å². The molecule has 1 amide bonds. The summed E-state index contributed by atoms with van der Waals surface area (Å²) in [5.74, 6) is 1.58. The summed E-state index contributed by atoms with van der Waals surface area (Å²) in [7, 11) is -3.49. The molecule has 28 heavy (non-hydrogen) atoms. The van der Waals surface area contributed by atoms with E-state index in [2.05, 4.69) is 24.1 Å². The summed E-state index contributed by atoms with van der Waals surface area (Å²) >= 11 is 0. The van der Waals surface area contributed by atoms with Crippen LogP contribution in [0.15, 0.2) is 24.3 Å². The van der Waals surface area contributed by atoms with Gasteiger partial charge in [-0.05, 0) is 43.4 Å². The lowest BCUT2D eigenvalue weighted by molar-refractivity contribution is -0.127. The van der Waals surface area contributed by atoms with E-state index in [0.717, 1.165) is 44.1 Å². The van der Waals surface area contributed by atoms with E-state index in [4.69, 9.17) is 4.74 Å². The summed E-state index contributed by atoms with van der Waals surface area (Å²) in [4.78, 5) is 15.0. The van der Waals surface area contributed by atoms with Crippen molar-refractivity contribution in [3.05, 3.63) is 24.3 Å². The van der Waals surface area contributed by atoms with Crippen molar-refractivity contribution in [2.45, 2.75) is 32.8 Å². The molecule has 0 spiro atoms. The number of likely N-dealkylation sites (tertiary alicyclic amines) is 1. The Balaban J connectivity index is 1.52. The van der Waals surface area contributed by atoms with Gasteiger partial charge in [-0.2, -0.15) is 0 Å². The zero-order valence-corrected chi connectivity index (χ0v) is 17.7. The van der Waals surface area contributed by atoms with Crippen LogP contribution in [0, 0.1) is 11.8 Å². The third kappa shape index (κ3) is 5.17. The Morgan fingerprint density at radius 3 is 2.54 bits per heavy atom. The van der Waals surface area contributed by atoms with Gasteiger partial charge in [-0.25, -0.2) is 8.42 Å². The molecule has 0 unspecified atom stereocenters. The van der Waals surface area contributed by atoms with Gasteiger partial charge in [-0.15, -0.1) is 0 Å². The Bertz CT molecular complexity index is 788. The lowest BCUT2D eigenvalue weighted by Gasteiger charge is -2.35. The first-order valence-corrected chi connectivity index (χ1v) is 11.8. The number of ether oxygens (including phenoxy) is 1. The lowest BCUT2D eigenvalue weighted by Crippen LogP contribution is -2.50. The summed E-state index contributed by atoms with van der Waals surface area (Å²) in [6.07, 6.45) is 2.44. The molecule has 8 heteroatoms. The highest BCUT2D eigenvalue weighted by Crippen LogP contribution is 2.34. The Kier molecular flexibility index (Phi) is 6.50. The van der Waals surface area contributed by atoms with Crippen LogP contribution < -0.4 is 14.4 Å². The van der Waals surface area contributed by atoms with Crippen molar-refractivity contribution >= 4 is 21.6 Å². The summed E-state index contributed by atoms with van der Waals surface area (Å²) < 4.78 is 31.3. The molecular formula is C20H31N3O4S. The zero-order chi connectivity index (χ0) is 20.3. The second-order valence-corrected chi connectivity index (χ2v) is 10.1. The van der Waals surface area contributed by atoms with Gasteiger partial charge >= 0.3 is 0 Å². The second-order valence-electron chi connectivity index (χ2n) is 8.22. The highest BCUT2D eigenvalue weighted by molar-refractivity contribution is 7.92. The molecule has 1 saturated heterocycles. The van der Waals surface area contributed by atoms with Crippen molar-refractivity contribution < 1.29 is 17.9 Å². The summed E-state index contributed by atoms with van der Waals surface area (Å²) in [6.45, 7) is 8.31. The van der Waals surface area contributed by atoms with Gasteiger partial charge in [0.1, 0.15) is 5.75 Å². The third-order valence-electron chi connectivity index (χ3n) is 5.32. The minimum absolute atomic E-state index is 0.0111. The van der Waals surface area contributed by atoms with Crippen LogP contribution in [0.1, 0.15) is 26.7 Å². The number of rotatable bonds is 6. The highest BCUT2D eigenvalue weighted by atomic mass is 32.2. The van der Waals surface area contributed by atoms with Gasteiger partial charge in [0.05, 0.1) is 18.5 Å². The molecule has 156 valence electrons. The van der Waals surface area contributed by atoms with Gasteiger partial charge in [0.25, 0.3) is 5.91 Å². The first-order valence-electron chi connectivity index (χ1n) is 9.97. The van der Waals surface area contributed by atoms with E-state index in [0.29, 0.717) is 18.0 Å². The molecule has 2 heterocycles. The molecule has 0 radical (unpaired) electrons. The fourth-order valence-electron chi connectivity index (χ4n) is 4.26. The molecule has 2 aliphatic heterocycles. The standard InChI is InChI=1S/C20H31N3O4S/c1-15-11-16(2)13-22(12-15)10-6-9-21-20(24)19-14-23(28(3,25)26)17-7-4-5-8-18(17)27-19/h4-5,7-8,15-16,19H,6,9-14H2,1-3H3,(H,21,24)/t15-,16-,19-/m0/s1. The molecule has 1 aromatic rings. The molecule has 0 bridgehead atoms. The van der Waals surface area contributed by atoms with Gasteiger partial charge < -0.3 is 15.0 Å². The van der Waals surface area contributed by atoms with Crippen LogP contribution in [0.4, 0.5) is 5.69 Å². The molecule has 3 atom stereocenters. The van der Waals surface area contributed by atoms with E-state index in [1.807, 2.05) is 0 Å². The van der Waals surface area contributed by atoms with E-state index in [1.165, 1.54) is 10.7 Å². The third-order valence-corrected chi connectivity index (χ3v) is 6.47. The van der Waals surface area contributed by atoms with Gasteiger partial charge in [-0.3, -0.25) is 9.10 Å². The lowest BCUT2D eigenvalue weighted by atomic mass is 9.92. The van der Waals surface area contributed by atoms with E-state index in [1.54, 1.807) is 24.3 Å². The number of piperidine rings is 1. The number of carbonyl (C=O) groups is 1. The maximum absolute atomic E-state index is 12.6. The fraction of sp³-hybridized carbons (Fsp3) is 0.650. The Morgan fingerprint density at radius 2 is 1.86 bits per heavy atom. The molecule has 0 aromatic heterocycles. The van der Waals surface area contributed by atoms with Gasteiger partial charge in [0, 0.05) is 19.6 Å². The molecule has 1 fully saturated rings. The summed E-state index contributed by atoms with van der Waals surface area (Å²) in [5.41, 5.74) is 0.474. The highest BCUT2D eigenvalue weighted by Gasteiger charge is 2.34. The number of sulfonamides is 1. The van der Waals surface area contributed by atoms with Crippen molar-refractivity contribution in [2.75, 3.05) is 43.3 Å². The van der Waals surface area contributed by atoms with Crippen LogP contribution >= 0.6 is 0 Å². The quantitative estimate of drug-likeness (QED) is 0.724. The number of nitrogens with zero attached hydrogens (tertiary/aromatic N) is 2. The predicted octanol–water partition coefficient (Wildman–Crippen LogP) is 1.70. The first kappa shape index (κ1) is 20.9. The molecule has 2 aliphatic rings. The van der Waals surface area contributed by atoms with E-state index < -0.39 is 16.1 Å². The maximum Gasteiger partial charge on any atom is 0.263 e. The van der Waals surface area contributed by atoms with Crippen LogP contribution in [0.3, 0.4) is 0 Å². The number of benzene rings is 1. The van der Waals surface area contributed by atoms with Gasteiger partial charge in [0.15, 0.2) is 6.10 Å². The Labute approximate surface area is 168 Å². The van der Waals surface area contributed by atoms with E-state index in [9.17, 15) is 13.2 Å². The van der Waals surface area contributed by atoms with Crippen molar-refractivity contribution in [3.8, 4) is 5.75 Å². The fourth-order valence-corrected chi connectivity index (χ4v) is 5.17.